The maximum atomic E-state index is 11.2. The Kier molecular flexibility index (Phi) is 17.9. The molecule has 4 heteroatoms. The van der Waals surface area contributed by atoms with Gasteiger partial charge in [0.1, 0.15) is 0 Å². The zero-order valence-electron chi connectivity index (χ0n) is 22.3. The van der Waals surface area contributed by atoms with Gasteiger partial charge in [-0.15, -0.1) is 0 Å². The summed E-state index contributed by atoms with van der Waals surface area (Å²) in [5.41, 5.74) is 0. The molecule has 1 atom stereocenters. The molecule has 1 unspecified atom stereocenters. The number of hydrogen-bond acceptors (Lipinski definition) is 3. The van der Waals surface area contributed by atoms with Crippen molar-refractivity contribution in [2.75, 3.05) is 7.11 Å². The highest BCUT2D eigenvalue weighted by Gasteiger charge is 2.38. The first-order valence-electron chi connectivity index (χ1n) is 13.4. The standard InChI is InChI=1S/C27H56O3Si/c1-8-9-10-11-12-13-16-19-22-25(30-31(6,7)27(2,3)4)23-20-17-14-15-18-21-24-26(28)29-5/h25H,8-24H2,1-7H3. The van der Waals surface area contributed by atoms with Gasteiger partial charge in [-0.3, -0.25) is 4.79 Å². The van der Waals surface area contributed by atoms with Crippen LogP contribution in [0.3, 0.4) is 0 Å². The molecule has 0 saturated carbocycles. The van der Waals surface area contributed by atoms with Crippen LogP contribution in [0.15, 0.2) is 0 Å². The summed E-state index contributed by atoms with van der Waals surface area (Å²) in [5.74, 6) is -0.0772. The molecule has 0 aromatic heterocycles. The molecule has 3 nitrogen and oxygen atoms in total. The van der Waals surface area contributed by atoms with E-state index in [1.807, 2.05) is 0 Å². The van der Waals surface area contributed by atoms with Crippen LogP contribution in [0.1, 0.15) is 137 Å². The summed E-state index contributed by atoms with van der Waals surface area (Å²) < 4.78 is 11.5. The predicted molar refractivity (Wildman–Crippen MR) is 138 cm³/mol. The van der Waals surface area contributed by atoms with Crippen LogP contribution < -0.4 is 0 Å². The number of methoxy groups -OCH3 is 1. The molecule has 0 spiro atoms. The number of unbranched alkanes of at least 4 members (excludes halogenated alkanes) is 12. The monoisotopic (exact) mass is 456 g/mol. The van der Waals surface area contributed by atoms with Gasteiger partial charge >= 0.3 is 5.97 Å². The van der Waals surface area contributed by atoms with Crippen LogP contribution in [0.25, 0.3) is 0 Å². The molecule has 0 aliphatic rings. The van der Waals surface area contributed by atoms with Crippen molar-refractivity contribution in [1.29, 1.82) is 0 Å². The Bertz CT molecular complexity index is 429. The van der Waals surface area contributed by atoms with Crippen LogP contribution in [0, 0.1) is 0 Å². The Hall–Kier alpha value is -0.353. The lowest BCUT2D eigenvalue weighted by Crippen LogP contribution is -2.44. The van der Waals surface area contributed by atoms with Gasteiger partial charge < -0.3 is 9.16 Å². The van der Waals surface area contributed by atoms with Gasteiger partial charge in [0.25, 0.3) is 0 Å². The highest BCUT2D eigenvalue weighted by molar-refractivity contribution is 6.74. The van der Waals surface area contributed by atoms with Gasteiger partial charge in [0.15, 0.2) is 8.32 Å². The van der Waals surface area contributed by atoms with Gasteiger partial charge in [-0.25, -0.2) is 0 Å². The van der Waals surface area contributed by atoms with E-state index in [0.717, 1.165) is 12.8 Å². The molecule has 0 aliphatic heterocycles. The van der Waals surface area contributed by atoms with Crippen molar-refractivity contribution in [1.82, 2.24) is 0 Å². The second-order valence-corrected chi connectivity index (χ2v) is 15.8. The summed E-state index contributed by atoms with van der Waals surface area (Å²) in [4.78, 5) is 11.2. The number of hydrogen-bond donors (Lipinski definition) is 0. The predicted octanol–water partition coefficient (Wildman–Crippen LogP) is 9.20. The quantitative estimate of drug-likeness (QED) is 0.104. The smallest absolute Gasteiger partial charge is 0.305 e. The molecule has 0 aromatic carbocycles. The number of carbonyl (C=O) groups is 1. The average molecular weight is 457 g/mol. The second-order valence-electron chi connectivity index (χ2n) is 11.0. The molecule has 186 valence electrons. The van der Waals surface area contributed by atoms with E-state index in [2.05, 4.69) is 40.8 Å². The SMILES string of the molecule is CCCCCCCCCCC(CCCCCCCCC(=O)OC)O[Si](C)(C)C(C)(C)C. The van der Waals surface area contributed by atoms with E-state index >= 15 is 0 Å². The molecular weight excluding hydrogens is 400 g/mol. The number of ether oxygens (including phenoxy) is 1. The fourth-order valence-corrected chi connectivity index (χ4v) is 5.23. The van der Waals surface area contributed by atoms with E-state index in [1.54, 1.807) is 0 Å². The van der Waals surface area contributed by atoms with Crippen LogP contribution in [0.2, 0.25) is 18.1 Å². The first-order chi connectivity index (χ1) is 14.6. The van der Waals surface area contributed by atoms with Gasteiger partial charge in [-0.05, 0) is 37.4 Å². The molecule has 0 amide bonds. The van der Waals surface area contributed by atoms with E-state index in [4.69, 9.17) is 9.16 Å². The van der Waals surface area contributed by atoms with E-state index < -0.39 is 8.32 Å². The Morgan fingerprint density at radius 3 is 1.58 bits per heavy atom. The van der Waals surface area contributed by atoms with Crippen molar-refractivity contribution >= 4 is 14.3 Å². The minimum Gasteiger partial charge on any atom is -0.469 e. The van der Waals surface area contributed by atoms with Crippen molar-refractivity contribution in [3.8, 4) is 0 Å². The Labute approximate surface area is 196 Å². The fraction of sp³-hybridized carbons (Fsp3) is 0.963. The third-order valence-electron chi connectivity index (χ3n) is 7.03. The van der Waals surface area contributed by atoms with Crippen molar-refractivity contribution in [3.05, 3.63) is 0 Å². The highest BCUT2D eigenvalue weighted by atomic mass is 28.4. The molecule has 0 aromatic rings. The Morgan fingerprint density at radius 2 is 1.16 bits per heavy atom. The second kappa shape index (κ2) is 18.1. The van der Waals surface area contributed by atoms with E-state index in [0.29, 0.717) is 12.5 Å². The normalized spacial score (nSPS) is 13.4. The summed E-state index contributed by atoms with van der Waals surface area (Å²) >= 11 is 0. The summed E-state index contributed by atoms with van der Waals surface area (Å²) in [7, 11) is -0.232. The Morgan fingerprint density at radius 1 is 0.742 bits per heavy atom. The van der Waals surface area contributed by atoms with E-state index in [9.17, 15) is 4.79 Å². The molecule has 0 fully saturated rings. The molecule has 0 bridgehead atoms. The topological polar surface area (TPSA) is 35.5 Å². The minimum atomic E-state index is -1.70. The molecular formula is C27H56O3Si. The first-order valence-corrected chi connectivity index (χ1v) is 16.3. The summed E-state index contributed by atoms with van der Waals surface area (Å²) in [6.45, 7) is 14.1. The van der Waals surface area contributed by atoms with Crippen molar-refractivity contribution in [2.24, 2.45) is 0 Å². The molecule has 0 aliphatic carbocycles. The summed E-state index contributed by atoms with van der Waals surface area (Å²) in [5, 5.41) is 0.282. The zero-order valence-corrected chi connectivity index (χ0v) is 23.3. The van der Waals surface area contributed by atoms with Crippen molar-refractivity contribution in [3.63, 3.8) is 0 Å². The maximum Gasteiger partial charge on any atom is 0.305 e. The van der Waals surface area contributed by atoms with Gasteiger partial charge in [-0.2, -0.15) is 0 Å². The van der Waals surface area contributed by atoms with Gasteiger partial charge in [0.2, 0.25) is 0 Å². The third-order valence-corrected chi connectivity index (χ3v) is 11.6. The van der Waals surface area contributed by atoms with Gasteiger partial charge in [-0.1, -0.05) is 111 Å². The number of rotatable bonds is 20. The average Bonchev–Trinajstić information content (AvgIpc) is 2.70. The lowest BCUT2D eigenvalue weighted by Gasteiger charge is -2.39. The lowest BCUT2D eigenvalue weighted by atomic mass is 10.0. The third kappa shape index (κ3) is 16.9. The molecule has 31 heavy (non-hydrogen) atoms. The number of esters is 1. The van der Waals surface area contributed by atoms with Crippen LogP contribution in [-0.2, 0) is 14.0 Å². The molecule has 0 radical (unpaired) electrons. The van der Waals surface area contributed by atoms with E-state index in [-0.39, 0.29) is 11.0 Å². The van der Waals surface area contributed by atoms with Crippen LogP contribution in [0.4, 0.5) is 0 Å². The fourth-order valence-electron chi connectivity index (χ4n) is 3.81. The van der Waals surface area contributed by atoms with Gasteiger partial charge in [0, 0.05) is 12.5 Å². The molecule has 0 heterocycles. The van der Waals surface area contributed by atoms with Crippen molar-refractivity contribution < 1.29 is 14.0 Å². The molecule has 0 rings (SSSR count). The zero-order chi connectivity index (χ0) is 23.6. The van der Waals surface area contributed by atoms with Gasteiger partial charge in [0.05, 0.1) is 7.11 Å². The van der Waals surface area contributed by atoms with Crippen LogP contribution >= 0.6 is 0 Å². The maximum absolute atomic E-state index is 11.2. The Balaban J connectivity index is 4.18. The number of carbonyl (C=O) groups excluding carboxylic acids is 1. The van der Waals surface area contributed by atoms with Crippen molar-refractivity contribution in [2.45, 2.75) is 161 Å². The lowest BCUT2D eigenvalue weighted by molar-refractivity contribution is -0.140. The summed E-state index contributed by atoms with van der Waals surface area (Å²) in [6, 6.07) is 0. The minimum absolute atomic E-state index is 0.0772. The van der Waals surface area contributed by atoms with E-state index in [1.165, 1.54) is 97.0 Å². The highest BCUT2D eigenvalue weighted by Crippen LogP contribution is 2.38. The molecule has 0 saturated heterocycles. The molecule has 0 N–H and O–H groups in total. The summed E-state index contributed by atoms with van der Waals surface area (Å²) in [6.07, 6.45) is 21.6. The van der Waals surface area contributed by atoms with Crippen LogP contribution in [0.5, 0.6) is 0 Å². The first kappa shape index (κ1) is 30.6. The largest absolute Gasteiger partial charge is 0.469 e. The van der Waals surface area contributed by atoms with Crippen LogP contribution in [-0.4, -0.2) is 27.5 Å².